The summed E-state index contributed by atoms with van der Waals surface area (Å²) in [5.74, 6) is 0. The molecule has 0 saturated carbocycles. The van der Waals surface area contributed by atoms with Crippen LogP contribution < -0.4 is 11.1 Å². The molecule has 0 fully saturated rings. The van der Waals surface area contributed by atoms with E-state index in [4.69, 9.17) is 5.73 Å². The molecule has 0 bridgehead atoms. The van der Waals surface area contributed by atoms with Gasteiger partial charge in [0.1, 0.15) is 0 Å². The number of nitrogen functional groups attached to an aromatic ring is 1. The maximum absolute atomic E-state index is 12.8. The fraction of sp³-hybridized carbons (Fsp3) is 0.500. The fourth-order valence-corrected chi connectivity index (χ4v) is 1.33. The first-order chi connectivity index (χ1) is 7.35. The van der Waals surface area contributed by atoms with Gasteiger partial charge in [0.05, 0.1) is 0 Å². The minimum absolute atomic E-state index is 0.0403. The van der Waals surface area contributed by atoms with Crippen LogP contribution in [0.3, 0.4) is 0 Å². The van der Waals surface area contributed by atoms with Crippen molar-refractivity contribution in [3.05, 3.63) is 23.8 Å². The third-order valence-electron chi connectivity index (χ3n) is 2.67. The van der Waals surface area contributed by atoms with Crippen LogP contribution in [-0.2, 0) is 0 Å². The van der Waals surface area contributed by atoms with E-state index < -0.39 is 6.43 Å². The van der Waals surface area contributed by atoms with Gasteiger partial charge in [-0.2, -0.15) is 0 Å². The predicted molar refractivity (Wildman–Crippen MR) is 63.8 cm³/mol. The van der Waals surface area contributed by atoms with Crippen molar-refractivity contribution in [2.45, 2.75) is 39.2 Å². The van der Waals surface area contributed by atoms with Crippen LogP contribution >= 0.6 is 0 Å². The lowest BCUT2D eigenvalue weighted by Crippen LogP contribution is -2.30. The molecular weight excluding hydrogens is 210 g/mol. The van der Waals surface area contributed by atoms with Crippen molar-refractivity contribution in [3.63, 3.8) is 0 Å². The summed E-state index contributed by atoms with van der Waals surface area (Å²) in [5, 5.41) is 3.11. The maximum Gasteiger partial charge on any atom is 0.265 e. The van der Waals surface area contributed by atoms with Crippen molar-refractivity contribution in [1.29, 1.82) is 0 Å². The normalized spacial score (nSPS) is 11.9. The van der Waals surface area contributed by atoms with Crippen molar-refractivity contribution in [1.82, 2.24) is 0 Å². The van der Waals surface area contributed by atoms with E-state index >= 15 is 0 Å². The summed E-state index contributed by atoms with van der Waals surface area (Å²) in [5.41, 5.74) is 6.06. The molecule has 3 N–H and O–H groups in total. The number of hydrogen-bond acceptors (Lipinski definition) is 2. The van der Waals surface area contributed by atoms with Crippen molar-refractivity contribution in [2.75, 3.05) is 11.1 Å². The highest BCUT2D eigenvalue weighted by atomic mass is 19.3. The molecule has 16 heavy (non-hydrogen) atoms. The Kier molecular flexibility index (Phi) is 3.73. The Morgan fingerprint density at radius 3 is 2.50 bits per heavy atom. The SMILES string of the molecule is CCC(C)(C)Nc1ccc(N)cc1C(F)F. The summed E-state index contributed by atoms with van der Waals surface area (Å²) in [6, 6.07) is 4.55. The molecule has 0 heterocycles. The summed E-state index contributed by atoms with van der Waals surface area (Å²) >= 11 is 0. The van der Waals surface area contributed by atoms with Gasteiger partial charge in [0, 0.05) is 22.5 Å². The Morgan fingerprint density at radius 2 is 2.00 bits per heavy atom. The molecule has 0 aliphatic heterocycles. The van der Waals surface area contributed by atoms with E-state index in [1.807, 2.05) is 20.8 Å². The summed E-state index contributed by atoms with van der Waals surface area (Å²) in [6.45, 7) is 5.95. The van der Waals surface area contributed by atoms with Crippen LogP contribution in [0.1, 0.15) is 39.2 Å². The van der Waals surface area contributed by atoms with Gasteiger partial charge in [-0.1, -0.05) is 6.92 Å². The predicted octanol–water partition coefficient (Wildman–Crippen LogP) is 3.81. The smallest absolute Gasteiger partial charge is 0.265 e. The second-order valence-corrected chi connectivity index (χ2v) is 4.51. The number of nitrogens with two attached hydrogens (primary N) is 1. The van der Waals surface area contributed by atoms with Crippen molar-refractivity contribution in [2.24, 2.45) is 0 Å². The van der Waals surface area contributed by atoms with Crippen LogP contribution in [0.25, 0.3) is 0 Å². The summed E-state index contributed by atoms with van der Waals surface area (Å²) in [6.07, 6.45) is -1.67. The average molecular weight is 228 g/mol. The first kappa shape index (κ1) is 12.7. The van der Waals surface area contributed by atoms with E-state index in [0.717, 1.165) is 6.42 Å². The van der Waals surface area contributed by atoms with Gasteiger partial charge in [-0.3, -0.25) is 0 Å². The largest absolute Gasteiger partial charge is 0.399 e. The number of benzene rings is 1. The topological polar surface area (TPSA) is 38.0 Å². The average Bonchev–Trinajstić information content (AvgIpc) is 2.20. The second kappa shape index (κ2) is 4.68. The Bertz CT molecular complexity index is 362. The molecule has 0 aliphatic rings. The van der Waals surface area contributed by atoms with Crippen LogP contribution in [0.5, 0.6) is 0 Å². The zero-order chi connectivity index (χ0) is 12.3. The first-order valence-electron chi connectivity index (χ1n) is 5.31. The van der Waals surface area contributed by atoms with Gasteiger partial charge in [0.2, 0.25) is 0 Å². The van der Waals surface area contributed by atoms with Gasteiger partial charge in [0.15, 0.2) is 0 Å². The molecular formula is C12H18F2N2. The van der Waals surface area contributed by atoms with Crippen LogP contribution in [0.15, 0.2) is 18.2 Å². The Labute approximate surface area is 94.8 Å². The quantitative estimate of drug-likeness (QED) is 0.769. The monoisotopic (exact) mass is 228 g/mol. The summed E-state index contributed by atoms with van der Waals surface area (Å²) in [4.78, 5) is 0. The molecule has 1 rings (SSSR count). The zero-order valence-electron chi connectivity index (χ0n) is 9.85. The highest BCUT2D eigenvalue weighted by molar-refractivity contribution is 5.59. The highest BCUT2D eigenvalue weighted by Gasteiger charge is 2.19. The van der Waals surface area contributed by atoms with Crippen molar-refractivity contribution < 1.29 is 8.78 Å². The van der Waals surface area contributed by atoms with E-state index in [-0.39, 0.29) is 11.1 Å². The Hall–Kier alpha value is -1.32. The molecule has 2 nitrogen and oxygen atoms in total. The number of anilines is 2. The van der Waals surface area contributed by atoms with Gasteiger partial charge in [-0.15, -0.1) is 0 Å². The van der Waals surface area contributed by atoms with Crippen molar-refractivity contribution in [3.8, 4) is 0 Å². The number of rotatable bonds is 4. The molecule has 0 radical (unpaired) electrons. The number of halogens is 2. The van der Waals surface area contributed by atoms with E-state index in [2.05, 4.69) is 5.32 Å². The molecule has 0 aromatic heterocycles. The lowest BCUT2D eigenvalue weighted by Gasteiger charge is -2.27. The molecule has 0 unspecified atom stereocenters. The molecule has 0 atom stereocenters. The molecule has 90 valence electrons. The molecule has 1 aromatic carbocycles. The fourth-order valence-electron chi connectivity index (χ4n) is 1.33. The Morgan fingerprint density at radius 1 is 1.38 bits per heavy atom. The van der Waals surface area contributed by atoms with Crippen LogP contribution in [-0.4, -0.2) is 5.54 Å². The van der Waals surface area contributed by atoms with E-state index in [9.17, 15) is 8.78 Å². The standard InChI is InChI=1S/C12H18F2N2/c1-4-12(2,3)16-10-6-5-8(15)7-9(10)11(13)14/h5-7,11,16H,4,15H2,1-3H3. The molecule has 0 amide bonds. The molecule has 1 aromatic rings. The molecule has 4 heteroatoms. The second-order valence-electron chi connectivity index (χ2n) is 4.51. The minimum Gasteiger partial charge on any atom is -0.399 e. The van der Waals surface area contributed by atoms with Gasteiger partial charge < -0.3 is 11.1 Å². The van der Waals surface area contributed by atoms with Gasteiger partial charge in [-0.25, -0.2) is 8.78 Å². The molecule has 0 aliphatic carbocycles. The van der Waals surface area contributed by atoms with Crippen molar-refractivity contribution >= 4 is 11.4 Å². The summed E-state index contributed by atoms with van der Waals surface area (Å²) in [7, 11) is 0. The van der Waals surface area contributed by atoms with E-state index in [0.29, 0.717) is 11.4 Å². The van der Waals surface area contributed by atoms with E-state index in [1.165, 1.54) is 6.07 Å². The lowest BCUT2D eigenvalue weighted by atomic mass is 10.0. The van der Waals surface area contributed by atoms with Gasteiger partial charge in [-0.05, 0) is 38.5 Å². The van der Waals surface area contributed by atoms with Crippen LogP contribution in [0.4, 0.5) is 20.2 Å². The minimum atomic E-state index is -2.52. The highest BCUT2D eigenvalue weighted by Crippen LogP contribution is 2.31. The van der Waals surface area contributed by atoms with E-state index in [1.54, 1.807) is 12.1 Å². The Balaban J connectivity index is 3.04. The van der Waals surface area contributed by atoms with Crippen LogP contribution in [0.2, 0.25) is 0 Å². The molecule has 0 spiro atoms. The third kappa shape index (κ3) is 3.08. The zero-order valence-corrected chi connectivity index (χ0v) is 9.85. The number of hydrogen-bond donors (Lipinski definition) is 2. The number of nitrogens with one attached hydrogen (secondary N) is 1. The van der Waals surface area contributed by atoms with Crippen LogP contribution in [0, 0.1) is 0 Å². The maximum atomic E-state index is 12.8. The first-order valence-corrected chi connectivity index (χ1v) is 5.31. The lowest BCUT2D eigenvalue weighted by molar-refractivity contribution is 0.152. The summed E-state index contributed by atoms with van der Waals surface area (Å²) < 4.78 is 25.6. The molecule has 0 saturated heterocycles. The van der Waals surface area contributed by atoms with Gasteiger partial charge in [0.25, 0.3) is 6.43 Å². The number of alkyl halides is 2. The van der Waals surface area contributed by atoms with Gasteiger partial charge >= 0.3 is 0 Å². The third-order valence-corrected chi connectivity index (χ3v) is 2.67.